The number of aryl methyl sites for hydroxylation is 1. The summed E-state index contributed by atoms with van der Waals surface area (Å²) in [6, 6.07) is 7.47. The standard InChI is InChI=1S/C16H9F3N2S2/c1-9-4-5-22-14(9)6-10(8-20)15-21-12-7-11(16(17,18)19)2-3-13(12)23-15/h2-7H,1H3/b10-6-. The van der Waals surface area contributed by atoms with Gasteiger partial charge in [0.2, 0.25) is 0 Å². The minimum Gasteiger partial charge on any atom is -0.235 e. The Kier molecular flexibility index (Phi) is 3.96. The van der Waals surface area contributed by atoms with Crippen molar-refractivity contribution in [1.82, 2.24) is 4.98 Å². The molecule has 2 nitrogen and oxygen atoms in total. The van der Waals surface area contributed by atoms with E-state index in [0.717, 1.165) is 22.6 Å². The number of thiophene rings is 1. The first kappa shape index (κ1) is 15.7. The molecule has 0 atom stereocenters. The number of thiazole rings is 1. The van der Waals surface area contributed by atoms with Gasteiger partial charge in [0.15, 0.2) is 0 Å². The van der Waals surface area contributed by atoms with E-state index in [1.807, 2.05) is 18.4 Å². The Labute approximate surface area is 138 Å². The van der Waals surface area contributed by atoms with E-state index in [4.69, 9.17) is 0 Å². The number of rotatable bonds is 2. The van der Waals surface area contributed by atoms with Gasteiger partial charge in [0, 0.05) is 4.88 Å². The van der Waals surface area contributed by atoms with Crippen LogP contribution in [-0.2, 0) is 6.18 Å². The van der Waals surface area contributed by atoms with Crippen LogP contribution in [0.25, 0.3) is 21.9 Å². The lowest BCUT2D eigenvalue weighted by molar-refractivity contribution is -0.137. The maximum atomic E-state index is 12.8. The Morgan fingerprint density at radius 2 is 2.09 bits per heavy atom. The van der Waals surface area contributed by atoms with Crippen LogP contribution in [0.5, 0.6) is 0 Å². The van der Waals surface area contributed by atoms with Crippen LogP contribution < -0.4 is 0 Å². The van der Waals surface area contributed by atoms with Crippen LogP contribution in [0.3, 0.4) is 0 Å². The third-order valence-electron chi connectivity index (χ3n) is 3.24. The van der Waals surface area contributed by atoms with E-state index in [1.54, 1.807) is 6.08 Å². The van der Waals surface area contributed by atoms with Gasteiger partial charge in [-0.2, -0.15) is 18.4 Å². The Hall–Kier alpha value is -2.17. The summed E-state index contributed by atoms with van der Waals surface area (Å²) in [5.41, 5.74) is 0.913. The van der Waals surface area contributed by atoms with Gasteiger partial charge in [-0.25, -0.2) is 4.98 Å². The molecule has 0 spiro atoms. The second-order valence-electron chi connectivity index (χ2n) is 4.84. The van der Waals surface area contributed by atoms with Gasteiger partial charge in [-0.05, 0) is 48.2 Å². The summed E-state index contributed by atoms with van der Waals surface area (Å²) in [4.78, 5) is 5.14. The first-order valence-corrected chi connectivity index (χ1v) is 8.22. The van der Waals surface area contributed by atoms with Crippen molar-refractivity contribution in [3.8, 4) is 6.07 Å². The minimum absolute atomic E-state index is 0.254. The molecule has 0 fully saturated rings. The quantitative estimate of drug-likeness (QED) is 0.552. The molecule has 3 rings (SSSR count). The fourth-order valence-corrected chi connectivity index (χ4v) is 3.79. The van der Waals surface area contributed by atoms with E-state index in [0.29, 0.717) is 15.3 Å². The van der Waals surface area contributed by atoms with Gasteiger partial charge in [0.25, 0.3) is 0 Å². The van der Waals surface area contributed by atoms with Gasteiger partial charge >= 0.3 is 6.18 Å². The Morgan fingerprint density at radius 3 is 2.70 bits per heavy atom. The van der Waals surface area contributed by atoms with Crippen molar-refractivity contribution in [3.63, 3.8) is 0 Å². The normalized spacial score (nSPS) is 12.6. The van der Waals surface area contributed by atoms with Crippen molar-refractivity contribution in [2.45, 2.75) is 13.1 Å². The number of halogens is 3. The smallest absolute Gasteiger partial charge is 0.235 e. The highest BCUT2D eigenvalue weighted by Gasteiger charge is 2.30. The van der Waals surface area contributed by atoms with E-state index in [1.165, 1.54) is 28.7 Å². The molecular weight excluding hydrogens is 341 g/mol. The molecule has 0 bridgehead atoms. The lowest BCUT2D eigenvalue weighted by atomic mass is 10.2. The minimum atomic E-state index is -4.40. The van der Waals surface area contributed by atoms with Gasteiger partial charge in [-0.1, -0.05) is 0 Å². The fraction of sp³-hybridized carbons (Fsp3) is 0.125. The molecule has 2 heterocycles. The number of alkyl halides is 3. The summed E-state index contributed by atoms with van der Waals surface area (Å²) in [5, 5.41) is 11.7. The lowest BCUT2D eigenvalue weighted by Gasteiger charge is -2.04. The van der Waals surface area contributed by atoms with Crippen LogP contribution in [0.15, 0.2) is 29.6 Å². The summed E-state index contributed by atoms with van der Waals surface area (Å²) >= 11 is 2.71. The molecule has 2 aromatic heterocycles. The van der Waals surface area contributed by atoms with Crippen LogP contribution in [0.1, 0.15) is 21.0 Å². The highest BCUT2D eigenvalue weighted by atomic mass is 32.1. The Balaban J connectivity index is 2.07. The van der Waals surface area contributed by atoms with E-state index in [-0.39, 0.29) is 5.52 Å². The first-order valence-electron chi connectivity index (χ1n) is 6.52. The van der Waals surface area contributed by atoms with Gasteiger partial charge in [-0.3, -0.25) is 0 Å². The van der Waals surface area contributed by atoms with E-state index in [2.05, 4.69) is 11.1 Å². The maximum Gasteiger partial charge on any atom is 0.416 e. The maximum absolute atomic E-state index is 12.8. The van der Waals surface area contributed by atoms with Crippen molar-refractivity contribution in [3.05, 3.63) is 50.7 Å². The lowest BCUT2D eigenvalue weighted by Crippen LogP contribution is -2.03. The molecule has 0 saturated carbocycles. The fourth-order valence-electron chi connectivity index (χ4n) is 2.02. The molecule has 116 valence electrons. The zero-order valence-electron chi connectivity index (χ0n) is 11.8. The highest BCUT2D eigenvalue weighted by Crippen LogP contribution is 2.34. The van der Waals surface area contributed by atoms with E-state index < -0.39 is 11.7 Å². The predicted octanol–water partition coefficient (Wildman–Crippen LogP) is 5.75. The van der Waals surface area contributed by atoms with Gasteiger partial charge in [0.05, 0.1) is 21.4 Å². The van der Waals surface area contributed by atoms with Gasteiger partial charge < -0.3 is 0 Å². The number of hydrogen-bond donors (Lipinski definition) is 0. The van der Waals surface area contributed by atoms with Gasteiger partial charge in [0.1, 0.15) is 11.1 Å². The average Bonchev–Trinajstić information content (AvgIpc) is 3.08. The number of fused-ring (bicyclic) bond motifs is 1. The third-order valence-corrected chi connectivity index (χ3v) is 5.28. The van der Waals surface area contributed by atoms with Crippen molar-refractivity contribution < 1.29 is 13.2 Å². The summed E-state index contributed by atoms with van der Waals surface area (Å²) in [6.07, 6.45) is -2.68. The van der Waals surface area contributed by atoms with Crippen LogP contribution in [0.2, 0.25) is 0 Å². The Bertz CT molecular complexity index is 942. The summed E-state index contributed by atoms with van der Waals surface area (Å²) in [7, 11) is 0. The number of nitriles is 1. The molecule has 0 aliphatic carbocycles. The SMILES string of the molecule is Cc1ccsc1/C=C(/C#N)c1nc2cc(C(F)(F)F)ccc2s1. The zero-order valence-corrected chi connectivity index (χ0v) is 13.4. The third kappa shape index (κ3) is 3.14. The molecule has 23 heavy (non-hydrogen) atoms. The van der Waals surface area contributed by atoms with Crippen LogP contribution in [0.4, 0.5) is 13.2 Å². The van der Waals surface area contributed by atoms with Crippen molar-refractivity contribution >= 4 is 44.5 Å². The number of hydrogen-bond acceptors (Lipinski definition) is 4. The number of benzene rings is 1. The zero-order chi connectivity index (χ0) is 16.6. The molecule has 0 N–H and O–H groups in total. The largest absolute Gasteiger partial charge is 0.416 e. The molecule has 0 aliphatic rings. The van der Waals surface area contributed by atoms with Crippen molar-refractivity contribution in [1.29, 1.82) is 5.26 Å². The second-order valence-corrected chi connectivity index (χ2v) is 6.82. The molecule has 1 aromatic carbocycles. The highest BCUT2D eigenvalue weighted by molar-refractivity contribution is 7.19. The van der Waals surface area contributed by atoms with Crippen LogP contribution in [0, 0.1) is 18.3 Å². The van der Waals surface area contributed by atoms with Gasteiger partial charge in [-0.15, -0.1) is 22.7 Å². The predicted molar refractivity (Wildman–Crippen MR) is 87.2 cm³/mol. The monoisotopic (exact) mass is 350 g/mol. The van der Waals surface area contributed by atoms with E-state index >= 15 is 0 Å². The summed E-state index contributed by atoms with van der Waals surface area (Å²) in [5.74, 6) is 0. The summed E-state index contributed by atoms with van der Waals surface area (Å²) in [6.45, 7) is 1.94. The molecule has 0 aliphatic heterocycles. The summed E-state index contributed by atoms with van der Waals surface area (Å²) < 4.78 is 38.9. The molecule has 3 aromatic rings. The molecule has 0 amide bonds. The van der Waals surface area contributed by atoms with Crippen molar-refractivity contribution in [2.75, 3.05) is 0 Å². The number of aromatic nitrogens is 1. The molecule has 0 saturated heterocycles. The molecular formula is C16H9F3N2S2. The molecule has 0 radical (unpaired) electrons. The topological polar surface area (TPSA) is 36.7 Å². The molecule has 7 heteroatoms. The Morgan fingerprint density at radius 1 is 1.30 bits per heavy atom. The van der Waals surface area contributed by atoms with Crippen molar-refractivity contribution in [2.24, 2.45) is 0 Å². The number of nitrogens with zero attached hydrogens (tertiary/aromatic N) is 2. The first-order chi connectivity index (χ1) is 10.9. The van der Waals surface area contributed by atoms with E-state index in [9.17, 15) is 18.4 Å². The average molecular weight is 350 g/mol. The second kappa shape index (κ2) is 5.80. The van der Waals surface area contributed by atoms with Crippen LogP contribution >= 0.6 is 22.7 Å². The molecule has 0 unspecified atom stereocenters. The van der Waals surface area contributed by atoms with Crippen LogP contribution in [-0.4, -0.2) is 4.98 Å². The number of allylic oxidation sites excluding steroid dienone is 1.